The van der Waals surface area contributed by atoms with Crippen molar-refractivity contribution in [3.05, 3.63) is 52.6 Å². The minimum atomic E-state index is -0.204. The molecule has 1 aliphatic heterocycles. The lowest BCUT2D eigenvalue weighted by molar-refractivity contribution is 0.0753. The summed E-state index contributed by atoms with van der Waals surface area (Å²) < 4.78 is 15.5. The summed E-state index contributed by atoms with van der Waals surface area (Å²) in [6.45, 7) is 5.19. The van der Waals surface area contributed by atoms with E-state index in [0.717, 1.165) is 62.9 Å². The maximum atomic E-state index is 13.4. The van der Waals surface area contributed by atoms with Crippen molar-refractivity contribution in [2.45, 2.75) is 71.0 Å². The fourth-order valence-electron chi connectivity index (χ4n) is 4.63. The Bertz CT molecular complexity index is 855. The van der Waals surface area contributed by atoms with Crippen molar-refractivity contribution in [3.63, 3.8) is 0 Å². The van der Waals surface area contributed by atoms with E-state index in [1.54, 1.807) is 12.1 Å². The molecule has 1 N–H and O–H groups in total. The summed E-state index contributed by atoms with van der Waals surface area (Å²) in [6, 6.07) is 7.00. The normalized spacial score (nSPS) is 19.7. The van der Waals surface area contributed by atoms with E-state index in [1.165, 1.54) is 24.6 Å². The summed E-state index contributed by atoms with van der Waals surface area (Å²) >= 11 is 0. The fraction of sp³-hybridized carbons (Fsp3) is 0.565. The summed E-state index contributed by atoms with van der Waals surface area (Å²) in [6.07, 6.45) is 7.31. The Hall–Kier alpha value is -2.21. The summed E-state index contributed by atoms with van der Waals surface area (Å²) in [5, 5.41) is 8.29. The molecular weight excluding hydrogens is 367 g/mol. The van der Waals surface area contributed by atoms with E-state index in [0.29, 0.717) is 12.2 Å². The molecule has 1 fully saturated rings. The highest BCUT2D eigenvalue weighted by Gasteiger charge is 2.31. The fourth-order valence-corrected chi connectivity index (χ4v) is 4.63. The molecule has 0 bridgehead atoms. The molecule has 0 spiro atoms. The number of halogens is 1. The second-order valence-electron chi connectivity index (χ2n) is 8.25. The predicted molar refractivity (Wildman–Crippen MR) is 111 cm³/mol. The number of benzene rings is 1. The summed E-state index contributed by atoms with van der Waals surface area (Å²) in [5.74, 6) is -0.106. The summed E-state index contributed by atoms with van der Waals surface area (Å²) in [7, 11) is 0. The summed E-state index contributed by atoms with van der Waals surface area (Å²) in [4.78, 5) is 15.3. The third kappa shape index (κ3) is 4.53. The molecule has 29 heavy (non-hydrogen) atoms. The van der Waals surface area contributed by atoms with Crippen LogP contribution in [0.2, 0.25) is 0 Å². The van der Waals surface area contributed by atoms with E-state index in [-0.39, 0.29) is 17.8 Å². The van der Waals surface area contributed by atoms with Gasteiger partial charge in [0.15, 0.2) is 5.69 Å². The minimum Gasteiger partial charge on any atom is -0.337 e. The number of fused-ring (bicyclic) bond motifs is 1. The van der Waals surface area contributed by atoms with Crippen LogP contribution in [-0.4, -0.2) is 39.7 Å². The molecule has 0 saturated carbocycles. The third-order valence-electron chi connectivity index (χ3n) is 6.23. The molecule has 4 rings (SSSR count). The Kier molecular flexibility index (Phi) is 6.28. The number of rotatable bonds is 5. The van der Waals surface area contributed by atoms with Gasteiger partial charge < -0.3 is 10.2 Å². The van der Waals surface area contributed by atoms with E-state index in [9.17, 15) is 9.18 Å². The maximum absolute atomic E-state index is 13.4. The first kappa shape index (κ1) is 20.1. The highest BCUT2D eigenvalue weighted by atomic mass is 19.1. The first-order chi connectivity index (χ1) is 14.2. The average Bonchev–Trinajstić information content (AvgIpc) is 2.89. The van der Waals surface area contributed by atoms with Crippen LogP contribution in [0.15, 0.2) is 24.3 Å². The first-order valence-corrected chi connectivity index (χ1v) is 11.0. The predicted octanol–water partition coefficient (Wildman–Crippen LogP) is 3.71. The van der Waals surface area contributed by atoms with Crippen LogP contribution in [0.25, 0.3) is 0 Å². The monoisotopic (exact) mass is 398 g/mol. The number of nitrogens with zero attached hydrogens (tertiary/aromatic N) is 3. The number of amides is 1. The number of aryl methyl sites for hydroxylation is 1. The van der Waals surface area contributed by atoms with Crippen LogP contribution < -0.4 is 5.32 Å². The summed E-state index contributed by atoms with van der Waals surface area (Å²) in [5.41, 5.74) is 3.93. The van der Waals surface area contributed by atoms with Gasteiger partial charge in [-0.15, -0.1) is 0 Å². The zero-order valence-electron chi connectivity index (χ0n) is 17.3. The van der Waals surface area contributed by atoms with Gasteiger partial charge in [-0.1, -0.05) is 25.0 Å². The van der Waals surface area contributed by atoms with Crippen molar-refractivity contribution in [1.29, 1.82) is 0 Å². The van der Waals surface area contributed by atoms with Crippen LogP contribution in [-0.2, 0) is 25.9 Å². The minimum absolute atomic E-state index is 0.0983. The van der Waals surface area contributed by atoms with Gasteiger partial charge >= 0.3 is 0 Å². The molecule has 1 atom stereocenters. The van der Waals surface area contributed by atoms with Gasteiger partial charge in [0.05, 0.1) is 0 Å². The maximum Gasteiger partial charge on any atom is 0.274 e. The topological polar surface area (TPSA) is 50.2 Å². The SMILES string of the molecule is CCn1nc(C(=O)N2CCCCCC2)c2c1CCC(NCc1cccc(F)c1)C2. The molecule has 5 nitrogen and oxygen atoms in total. The van der Waals surface area contributed by atoms with Crippen LogP contribution >= 0.6 is 0 Å². The quantitative estimate of drug-likeness (QED) is 0.835. The molecule has 2 heterocycles. The number of nitrogens with one attached hydrogen (secondary N) is 1. The van der Waals surface area contributed by atoms with E-state index >= 15 is 0 Å². The largest absolute Gasteiger partial charge is 0.337 e. The third-order valence-corrected chi connectivity index (χ3v) is 6.23. The van der Waals surface area contributed by atoms with Crippen LogP contribution in [0.4, 0.5) is 4.39 Å². The number of aromatic nitrogens is 2. The lowest BCUT2D eigenvalue weighted by Crippen LogP contribution is -2.36. The zero-order valence-corrected chi connectivity index (χ0v) is 17.3. The Morgan fingerprint density at radius 2 is 2.03 bits per heavy atom. The van der Waals surface area contributed by atoms with E-state index in [2.05, 4.69) is 12.2 Å². The van der Waals surface area contributed by atoms with Gasteiger partial charge in [-0.25, -0.2) is 4.39 Å². The molecule has 1 aromatic carbocycles. The number of hydrogen-bond acceptors (Lipinski definition) is 3. The number of carbonyl (C=O) groups is 1. The molecule has 156 valence electrons. The van der Waals surface area contributed by atoms with Crippen LogP contribution in [0.1, 0.15) is 66.3 Å². The molecule has 6 heteroatoms. The van der Waals surface area contributed by atoms with Crippen molar-refractivity contribution in [3.8, 4) is 0 Å². The van der Waals surface area contributed by atoms with Gasteiger partial charge in [0, 0.05) is 43.5 Å². The molecule has 1 saturated heterocycles. The highest BCUT2D eigenvalue weighted by Crippen LogP contribution is 2.27. The van der Waals surface area contributed by atoms with Gasteiger partial charge in [0.1, 0.15) is 5.82 Å². The average molecular weight is 399 g/mol. The number of hydrogen-bond donors (Lipinski definition) is 1. The molecule has 2 aliphatic rings. The van der Waals surface area contributed by atoms with Gasteiger partial charge in [0.2, 0.25) is 0 Å². The second-order valence-corrected chi connectivity index (χ2v) is 8.25. The Morgan fingerprint density at radius 3 is 2.76 bits per heavy atom. The second kappa shape index (κ2) is 9.08. The smallest absolute Gasteiger partial charge is 0.274 e. The molecule has 0 radical (unpaired) electrons. The standard InChI is InChI=1S/C23H31FN4O/c1-2-28-21-11-10-19(25-16-17-8-7-9-18(24)14-17)15-20(21)22(26-28)23(29)27-12-5-3-4-6-13-27/h7-9,14,19,25H,2-6,10-13,15-16H2,1H3. The molecule has 2 aromatic rings. The van der Waals surface area contributed by atoms with Crippen molar-refractivity contribution in [2.24, 2.45) is 0 Å². The Morgan fingerprint density at radius 1 is 1.24 bits per heavy atom. The highest BCUT2D eigenvalue weighted by molar-refractivity contribution is 5.94. The van der Waals surface area contributed by atoms with E-state index < -0.39 is 0 Å². The van der Waals surface area contributed by atoms with Crippen molar-refractivity contribution in [1.82, 2.24) is 20.0 Å². The molecular formula is C23H31FN4O. The molecule has 1 unspecified atom stereocenters. The Balaban J connectivity index is 1.50. The van der Waals surface area contributed by atoms with Crippen molar-refractivity contribution in [2.75, 3.05) is 13.1 Å². The van der Waals surface area contributed by atoms with Gasteiger partial charge in [-0.3, -0.25) is 9.48 Å². The van der Waals surface area contributed by atoms with Gasteiger partial charge in [-0.05, 0) is 56.7 Å². The van der Waals surface area contributed by atoms with Crippen LogP contribution in [0.3, 0.4) is 0 Å². The van der Waals surface area contributed by atoms with Crippen LogP contribution in [0, 0.1) is 5.82 Å². The first-order valence-electron chi connectivity index (χ1n) is 11.0. The number of carbonyl (C=O) groups excluding carboxylic acids is 1. The van der Waals surface area contributed by atoms with E-state index in [4.69, 9.17) is 5.10 Å². The van der Waals surface area contributed by atoms with Gasteiger partial charge in [0.25, 0.3) is 5.91 Å². The molecule has 1 aromatic heterocycles. The molecule has 1 amide bonds. The van der Waals surface area contributed by atoms with E-state index in [1.807, 2.05) is 15.6 Å². The Labute approximate surface area is 172 Å². The number of likely N-dealkylation sites (tertiary alicyclic amines) is 1. The van der Waals surface area contributed by atoms with Gasteiger partial charge in [-0.2, -0.15) is 5.10 Å². The lowest BCUT2D eigenvalue weighted by Gasteiger charge is -2.25. The van der Waals surface area contributed by atoms with Crippen molar-refractivity contribution < 1.29 is 9.18 Å². The van der Waals surface area contributed by atoms with Crippen molar-refractivity contribution >= 4 is 5.91 Å². The lowest BCUT2D eigenvalue weighted by atomic mass is 9.91. The molecule has 1 aliphatic carbocycles. The zero-order chi connectivity index (χ0) is 20.2. The van der Waals surface area contributed by atoms with Crippen LogP contribution in [0.5, 0.6) is 0 Å².